The molecule has 0 fully saturated rings. The second-order valence-corrected chi connectivity index (χ2v) is 10.4. The Bertz CT molecular complexity index is 1440. The monoisotopic (exact) mass is 482 g/mol. The first-order valence-electron chi connectivity index (χ1n) is 10.4. The first-order chi connectivity index (χ1) is 16.2. The van der Waals surface area contributed by atoms with Gasteiger partial charge in [0, 0.05) is 17.7 Å². The third-order valence-corrected chi connectivity index (χ3v) is 7.33. The first-order valence-corrected chi connectivity index (χ1v) is 12.0. The fraction of sp³-hybridized carbons (Fsp3) is 0.217. The maximum absolute atomic E-state index is 14.9. The fourth-order valence-corrected chi connectivity index (χ4v) is 4.31. The van der Waals surface area contributed by atoms with Crippen LogP contribution in [0.4, 0.5) is 10.2 Å². The van der Waals surface area contributed by atoms with Gasteiger partial charge in [-0.1, -0.05) is 12.1 Å². The Balaban J connectivity index is 1.67. The second kappa shape index (κ2) is 9.27. The van der Waals surface area contributed by atoms with Crippen molar-refractivity contribution in [1.82, 2.24) is 25.5 Å². The number of sulfone groups is 1. The summed E-state index contributed by atoms with van der Waals surface area (Å²) in [7, 11) is -1.75. The normalized spacial score (nSPS) is 11.8. The lowest BCUT2D eigenvalue weighted by molar-refractivity contribution is 0.582. The van der Waals surface area contributed by atoms with E-state index in [0.29, 0.717) is 5.56 Å². The van der Waals surface area contributed by atoms with E-state index in [9.17, 15) is 12.8 Å². The Morgan fingerprint density at radius 2 is 1.79 bits per heavy atom. The number of hydrogen-bond donors (Lipinski definition) is 2. The van der Waals surface area contributed by atoms with E-state index >= 15 is 0 Å². The molecule has 2 aromatic heterocycles. The number of nitrogen functional groups attached to an aromatic ring is 1. The number of rotatable bonds is 7. The molecule has 34 heavy (non-hydrogen) atoms. The van der Waals surface area contributed by atoms with Crippen molar-refractivity contribution in [2.45, 2.75) is 30.5 Å². The van der Waals surface area contributed by atoms with Crippen molar-refractivity contribution >= 4 is 15.7 Å². The van der Waals surface area contributed by atoms with Gasteiger partial charge >= 0.3 is 0 Å². The van der Waals surface area contributed by atoms with E-state index in [2.05, 4.69) is 25.5 Å². The van der Waals surface area contributed by atoms with Crippen LogP contribution in [-0.2, 0) is 16.4 Å². The van der Waals surface area contributed by atoms with E-state index in [0.717, 1.165) is 18.2 Å². The van der Waals surface area contributed by atoms with Crippen LogP contribution in [0.25, 0.3) is 34.3 Å². The fourth-order valence-electron chi connectivity index (χ4n) is 3.24. The summed E-state index contributed by atoms with van der Waals surface area (Å²) in [5, 5.41) is 10.5. The van der Waals surface area contributed by atoms with Crippen molar-refractivity contribution in [3.05, 3.63) is 60.0 Å². The quantitative estimate of drug-likeness (QED) is 0.405. The number of halogens is 1. The van der Waals surface area contributed by atoms with Crippen LogP contribution in [0, 0.1) is 5.82 Å². The van der Waals surface area contributed by atoms with Gasteiger partial charge in [0.1, 0.15) is 5.82 Å². The predicted molar refractivity (Wildman–Crippen MR) is 126 cm³/mol. The maximum atomic E-state index is 14.9. The molecule has 2 aromatic carbocycles. The van der Waals surface area contributed by atoms with Crippen molar-refractivity contribution in [1.29, 1.82) is 0 Å². The molecule has 0 spiro atoms. The number of aromatic nitrogens is 4. The second-order valence-electron chi connectivity index (χ2n) is 7.86. The van der Waals surface area contributed by atoms with Crippen LogP contribution in [0.2, 0.25) is 0 Å². The molecule has 3 N–H and O–H groups in total. The molecule has 176 valence electrons. The molecule has 4 rings (SSSR count). The lowest BCUT2D eigenvalue weighted by atomic mass is 10.1. The minimum absolute atomic E-state index is 0.0283. The highest BCUT2D eigenvalue weighted by Crippen LogP contribution is 2.30. The Hall–Kier alpha value is -3.70. The Kier molecular flexibility index (Phi) is 6.40. The molecule has 0 amide bonds. The average molecular weight is 483 g/mol. The van der Waals surface area contributed by atoms with Crippen molar-refractivity contribution in [3.63, 3.8) is 0 Å². The zero-order chi connectivity index (χ0) is 24.5. The Morgan fingerprint density at radius 1 is 1.09 bits per heavy atom. The largest absolute Gasteiger partial charge is 0.414 e. The van der Waals surface area contributed by atoms with Gasteiger partial charge in [-0.25, -0.2) is 22.8 Å². The highest BCUT2D eigenvalue weighted by Gasteiger charge is 2.22. The molecule has 0 unspecified atom stereocenters. The third-order valence-electron chi connectivity index (χ3n) is 5.18. The van der Waals surface area contributed by atoms with Crippen LogP contribution in [0.5, 0.6) is 0 Å². The number of hydrogen-bond acceptors (Lipinski definition) is 9. The summed E-state index contributed by atoms with van der Waals surface area (Å²) in [4.78, 5) is 8.34. The van der Waals surface area contributed by atoms with Gasteiger partial charge in [0.15, 0.2) is 21.3 Å². The van der Waals surface area contributed by atoms with Crippen LogP contribution in [0.1, 0.15) is 19.4 Å². The minimum Gasteiger partial charge on any atom is -0.414 e. The van der Waals surface area contributed by atoms with E-state index in [4.69, 9.17) is 10.2 Å². The van der Waals surface area contributed by atoms with Crippen LogP contribution < -0.4 is 11.1 Å². The topological polar surface area (TPSA) is 137 Å². The third kappa shape index (κ3) is 4.52. The minimum atomic E-state index is -3.62. The van der Waals surface area contributed by atoms with Crippen LogP contribution in [-0.4, -0.2) is 40.9 Å². The van der Waals surface area contributed by atoms with Gasteiger partial charge < -0.3 is 15.5 Å². The first kappa shape index (κ1) is 23.5. The van der Waals surface area contributed by atoms with Gasteiger partial charge in [0.2, 0.25) is 5.89 Å². The Morgan fingerprint density at radius 3 is 2.44 bits per heavy atom. The van der Waals surface area contributed by atoms with E-state index in [1.807, 2.05) is 31.3 Å². The summed E-state index contributed by atoms with van der Waals surface area (Å²) in [6, 6.07) is 11.3. The molecule has 4 aromatic rings. The van der Waals surface area contributed by atoms with Gasteiger partial charge in [0.05, 0.1) is 22.0 Å². The maximum Gasteiger partial charge on any atom is 0.270 e. The highest BCUT2D eigenvalue weighted by molar-refractivity contribution is 7.92. The molecule has 0 atom stereocenters. The zero-order valence-corrected chi connectivity index (χ0v) is 19.6. The van der Waals surface area contributed by atoms with Gasteiger partial charge in [-0.2, -0.15) is 0 Å². The molecular weight excluding hydrogens is 459 g/mol. The van der Waals surface area contributed by atoms with Crippen LogP contribution >= 0.6 is 0 Å². The van der Waals surface area contributed by atoms with Gasteiger partial charge in [0.25, 0.3) is 5.89 Å². The van der Waals surface area contributed by atoms with E-state index < -0.39 is 20.9 Å². The Labute approximate surface area is 196 Å². The summed E-state index contributed by atoms with van der Waals surface area (Å²) in [6.45, 7) is 3.80. The van der Waals surface area contributed by atoms with Crippen molar-refractivity contribution in [2.75, 3.05) is 12.8 Å². The zero-order valence-electron chi connectivity index (χ0n) is 18.8. The molecular formula is C23H23FN6O3S. The molecule has 0 bridgehead atoms. The van der Waals surface area contributed by atoms with Crippen molar-refractivity contribution in [2.24, 2.45) is 0 Å². The summed E-state index contributed by atoms with van der Waals surface area (Å²) in [5.74, 6) is -0.421. The van der Waals surface area contributed by atoms with Gasteiger partial charge in [-0.05, 0) is 56.8 Å². The SMILES string of the molecule is CNCc1ccc(-c2nnc(-c3nc(-c4ccc(S(=O)(=O)C(C)C)cc4F)cnc3N)o2)cc1. The molecule has 0 saturated carbocycles. The molecule has 9 nitrogen and oxygen atoms in total. The molecule has 0 aliphatic rings. The van der Waals surface area contributed by atoms with Crippen molar-refractivity contribution < 1.29 is 17.2 Å². The standard InChI is InChI=1S/C23H23FN6O3S/c1-13(2)34(31,32)16-8-9-17(18(24)10-16)19-12-27-21(25)20(28-19)23-30-29-22(33-23)15-6-4-14(5-7-15)11-26-3/h4-10,12-13,26H,11H2,1-3H3,(H2,25,27). The van der Waals surface area contributed by atoms with Crippen molar-refractivity contribution in [3.8, 4) is 34.3 Å². The van der Waals surface area contributed by atoms with E-state index in [1.165, 1.54) is 32.2 Å². The molecule has 11 heteroatoms. The molecule has 2 heterocycles. The van der Waals surface area contributed by atoms with Crippen LogP contribution in [0.15, 0.2) is 58.0 Å². The van der Waals surface area contributed by atoms with Gasteiger partial charge in [-0.15, -0.1) is 10.2 Å². The summed E-state index contributed by atoms with van der Waals surface area (Å²) in [5.41, 5.74) is 8.10. The lowest BCUT2D eigenvalue weighted by Gasteiger charge is -2.10. The number of nitrogens with zero attached hydrogens (tertiary/aromatic N) is 4. The summed E-state index contributed by atoms with van der Waals surface area (Å²) in [6.07, 6.45) is 1.30. The van der Waals surface area contributed by atoms with Gasteiger partial charge in [-0.3, -0.25) is 0 Å². The van der Waals surface area contributed by atoms with E-state index in [-0.39, 0.29) is 39.4 Å². The number of anilines is 1. The lowest BCUT2D eigenvalue weighted by Crippen LogP contribution is -2.14. The molecule has 0 saturated heterocycles. The molecule has 0 aliphatic heterocycles. The summed E-state index contributed by atoms with van der Waals surface area (Å²) < 4.78 is 45.3. The molecule has 0 aliphatic carbocycles. The van der Waals surface area contributed by atoms with Crippen LogP contribution in [0.3, 0.4) is 0 Å². The number of nitrogens with one attached hydrogen (secondary N) is 1. The molecule has 0 radical (unpaired) electrons. The predicted octanol–water partition coefficient (Wildman–Crippen LogP) is 3.48. The smallest absolute Gasteiger partial charge is 0.270 e. The summed E-state index contributed by atoms with van der Waals surface area (Å²) >= 11 is 0. The van der Waals surface area contributed by atoms with E-state index in [1.54, 1.807) is 0 Å². The number of benzene rings is 2. The number of nitrogens with two attached hydrogens (primary N) is 1. The highest BCUT2D eigenvalue weighted by atomic mass is 32.2. The average Bonchev–Trinajstić information content (AvgIpc) is 3.30.